The van der Waals surface area contributed by atoms with Crippen LogP contribution in [-0.2, 0) is 4.79 Å². The molecule has 4 aromatic carbocycles. The van der Waals surface area contributed by atoms with Crippen molar-refractivity contribution in [2.24, 2.45) is 0 Å². The van der Waals surface area contributed by atoms with E-state index in [4.69, 9.17) is 14.7 Å². The standard InChI is InChI=1S/C33H27F2NO3/c1-23(38-30-19-20-31(32(35)21-30)27-11-15-28(34)16-12-27)5-3-2-4-6-33(37)39-29-17-13-26(14-18-29)25-9-7-24(22-36)8-10-25/h7-21H,1-6H2. The molecular formula is C33H27F2NO3. The van der Waals surface area contributed by atoms with Crippen LogP contribution in [0.5, 0.6) is 11.5 Å². The van der Waals surface area contributed by atoms with Crippen LogP contribution in [0, 0.1) is 23.0 Å². The summed E-state index contributed by atoms with van der Waals surface area (Å²) in [5, 5.41) is 8.91. The summed E-state index contributed by atoms with van der Waals surface area (Å²) in [5.41, 5.74) is 3.49. The third-order valence-electron chi connectivity index (χ3n) is 6.13. The molecule has 6 heteroatoms. The highest BCUT2D eigenvalue weighted by atomic mass is 19.1. The van der Waals surface area contributed by atoms with Crippen molar-refractivity contribution in [3.63, 3.8) is 0 Å². The molecule has 0 aliphatic heterocycles. The molecule has 0 fully saturated rings. The Morgan fingerprint density at radius 1 is 0.718 bits per heavy atom. The number of nitriles is 1. The molecule has 4 nitrogen and oxygen atoms in total. The van der Waals surface area contributed by atoms with E-state index in [1.54, 1.807) is 36.4 Å². The fraction of sp³-hybridized carbons (Fsp3) is 0.152. The van der Waals surface area contributed by atoms with Gasteiger partial charge in [0.05, 0.1) is 17.4 Å². The number of hydrogen-bond acceptors (Lipinski definition) is 4. The molecule has 0 N–H and O–H groups in total. The minimum absolute atomic E-state index is 0.292. The minimum Gasteiger partial charge on any atom is -0.462 e. The van der Waals surface area contributed by atoms with Crippen LogP contribution in [0.2, 0.25) is 0 Å². The molecule has 0 atom stereocenters. The normalized spacial score (nSPS) is 10.5. The lowest BCUT2D eigenvalue weighted by atomic mass is 10.0. The summed E-state index contributed by atoms with van der Waals surface area (Å²) >= 11 is 0. The van der Waals surface area contributed by atoms with Gasteiger partial charge in [0.2, 0.25) is 0 Å². The molecular weight excluding hydrogens is 496 g/mol. The fourth-order valence-corrected chi connectivity index (χ4v) is 4.04. The van der Waals surface area contributed by atoms with Gasteiger partial charge in [0, 0.05) is 24.5 Å². The largest absolute Gasteiger partial charge is 0.462 e. The lowest BCUT2D eigenvalue weighted by Gasteiger charge is -2.11. The Morgan fingerprint density at radius 3 is 1.95 bits per heavy atom. The van der Waals surface area contributed by atoms with E-state index in [-0.39, 0.29) is 11.8 Å². The molecule has 0 aliphatic rings. The molecule has 196 valence electrons. The first kappa shape index (κ1) is 27.3. The zero-order valence-electron chi connectivity index (χ0n) is 21.3. The Morgan fingerprint density at radius 2 is 1.31 bits per heavy atom. The highest BCUT2D eigenvalue weighted by Gasteiger charge is 2.09. The van der Waals surface area contributed by atoms with Gasteiger partial charge in [-0.2, -0.15) is 5.26 Å². The molecule has 0 heterocycles. The summed E-state index contributed by atoms with van der Waals surface area (Å²) in [7, 11) is 0. The first-order valence-electron chi connectivity index (χ1n) is 12.6. The van der Waals surface area contributed by atoms with E-state index in [0.717, 1.165) is 24.0 Å². The van der Waals surface area contributed by atoms with Gasteiger partial charge in [0.15, 0.2) is 0 Å². The Bertz CT molecular complexity index is 1470. The van der Waals surface area contributed by atoms with Crippen LogP contribution < -0.4 is 9.47 Å². The zero-order chi connectivity index (χ0) is 27.6. The van der Waals surface area contributed by atoms with Crippen molar-refractivity contribution >= 4 is 5.97 Å². The average Bonchev–Trinajstić information content (AvgIpc) is 2.94. The molecule has 0 saturated heterocycles. The lowest BCUT2D eigenvalue weighted by molar-refractivity contribution is -0.134. The minimum atomic E-state index is -0.464. The topological polar surface area (TPSA) is 59.3 Å². The maximum atomic E-state index is 14.5. The number of benzene rings is 4. The molecule has 0 unspecified atom stereocenters. The Labute approximate surface area is 226 Å². The predicted molar refractivity (Wildman–Crippen MR) is 147 cm³/mol. The van der Waals surface area contributed by atoms with Crippen molar-refractivity contribution in [2.75, 3.05) is 0 Å². The number of unbranched alkanes of at least 4 members (excludes halogenated alkanes) is 2. The first-order valence-corrected chi connectivity index (χ1v) is 12.6. The summed E-state index contributed by atoms with van der Waals surface area (Å²) in [4.78, 5) is 12.2. The zero-order valence-corrected chi connectivity index (χ0v) is 21.3. The highest BCUT2D eigenvalue weighted by molar-refractivity contribution is 5.73. The summed E-state index contributed by atoms with van der Waals surface area (Å²) < 4.78 is 38.7. The van der Waals surface area contributed by atoms with Crippen LogP contribution in [0.1, 0.15) is 37.7 Å². The number of halogens is 2. The van der Waals surface area contributed by atoms with E-state index in [2.05, 4.69) is 12.6 Å². The smallest absolute Gasteiger partial charge is 0.311 e. The number of hydrogen-bond donors (Lipinski definition) is 0. The van der Waals surface area contributed by atoms with E-state index in [0.29, 0.717) is 53.2 Å². The predicted octanol–water partition coefficient (Wildman–Crippen LogP) is 8.62. The lowest BCUT2D eigenvalue weighted by Crippen LogP contribution is -2.07. The molecule has 0 aromatic heterocycles. The third-order valence-corrected chi connectivity index (χ3v) is 6.13. The van der Waals surface area contributed by atoms with Crippen molar-refractivity contribution in [3.05, 3.63) is 121 Å². The van der Waals surface area contributed by atoms with E-state index in [9.17, 15) is 13.6 Å². The molecule has 0 spiro atoms. The summed E-state index contributed by atoms with van der Waals surface area (Å²) in [6.45, 7) is 3.90. The Kier molecular flexibility index (Phi) is 9.20. The number of carbonyl (C=O) groups is 1. The second-order valence-electron chi connectivity index (χ2n) is 9.04. The molecule has 0 bridgehead atoms. The van der Waals surface area contributed by atoms with Gasteiger partial charge in [-0.05, 0) is 78.1 Å². The van der Waals surface area contributed by atoms with Crippen LogP contribution in [0.15, 0.2) is 103 Å². The fourth-order valence-electron chi connectivity index (χ4n) is 4.04. The van der Waals surface area contributed by atoms with Crippen molar-refractivity contribution in [2.45, 2.75) is 32.1 Å². The molecule has 4 rings (SSSR count). The second kappa shape index (κ2) is 13.2. The molecule has 39 heavy (non-hydrogen) atoms. The second-order valence-corrected chi connectivity index (χ2v) is 9.04. The molecule has 0 amide bonds. The van der Waals surface area contributed by atoms with Crippen LogP contribution in [0.3, 0.4) is 0 Å². The monoisotopic (exact) mass is 523 g/mol. The van der Waals surface area contributed by atoms with Crippen LogP contribution in [0.25, 0.3) is 22.3 Å². The van der Waals surface area contributed by atoms with Gasteiger partial charge in [0.1, 0.15) is 23.1 Å². The van der Waals surface area contributed by atoms with E-state index < -0.39 is 5.82 Å². The van der Waals surface area contributed by atoms with Gasteiger partial charge in [-0.3, -0.25) is 4.79 Å². The van der Waals surface area contributed by atoms with Crippen molar-refractivity contribution in [3.8, 4) is 39.8 Å². The van der Waals surface area contributed by atoms with Gasteiger partial charge in [-0.25, -0.2) is 8.78 Å². The maximum Gasteiger partial charge on any atom is 0.311 e. The number of ether oxygens (including phenoxy) is 2. The number of nitrogens with zero attached hydrogens (tertiary/aromatic N) is 1. The van der Waals surface area contributed by atoms with Gasteiger partial charge in [0.25, 0.3) is 0 Å². The number of allylic oxidation sites excluding steroid dienone is 1. The van der Waals surface area contributed by atoms with Gasteiger partial charge >= 0.3 is 5.97 Å². The first-order chi connectivity index (χ1) is 18.9. The molecule has 0 radical (unpaired) electrons. The van der Waals surface area contributed by atoms with Gasteiger partial charge in [-0.1, -0.05) is 49.4 Å². The summed E-state index contributed by atoms with van der Waals surface area (Å²) in [6, 6.07) is 26.8. The van der Waals surface area contributed by atoms with Crippen molar-refractivity contribution < 1.29 is 23.0 Å². The Hall–Kier alpha value is -4.76. The van der Waals surface area contributed by atoms with Gasteiger partial charge in [-0.15, -0.1) is 0 Å². The van der Waals surface area contributed by atoms with Gasteiger partial charge < -0.3 is 9.47 Å². The van der Waals surface area contributed by atoms with E-state index in [1.165, 1.54) is 30.3 Å². The van der Waals surface area contributed by atoms with Crippen molar-refractivity contribution in [1.29, 1.82) is 5.26 Å². The van der Waals surface area contributed by atoms with Crippen LogP contribution in [-0.4, -0.2) is 5.97 Å². The van der Waals surface area contributed by atoms with Crippen LogP contribution >= 0.6 is 0 Å². The SMILES string of the molecule is C=C(CCCCCC(=O)Oc1ccc(-c2ccc(C#N)cc2)cc1)Oc1ccc(-c2ccc(F)cc2)c(F)c1. The van der Waals surface area contributed by atoms with Crippen molar-refractivity contribution in [1.82, 2.24) is 0 Å². The Balaban J connectivity index is 1.15. The summed E-state index contributed by atoms with van der Waals surface area (Å²) in [5.74, 6) is 0.198. The third kappa shape index (κ3) is 7.86. The maximum absolute atomic E-state index is 14.5. The highest BCUT2D eigenvalue weighted by Crippen LogP contribution is 2.28. The molecule has 4 aromatic rings. The number of carbonyl (C=O) groups excluding carboxylic acids is 1. The molecule has 0 aliphatic carbocycles. The van der Waals surface area contributed by atoms with E-state index >= 15 is 0 Å². The number of rotatable bonds is 11. The quantitative estimate of drug-likeness (QED) is 0.0855. The molecule has 0 saturated carbocycles. The van der Waals surface area contributed by atoms with E-state index in [1.807, 2.05) is 24.3 Å². The number of esters is 1. The summed E-state index contributed by atoms with van der Waals surface area (Å²) in [6.07, 6.45) is 3.08. The average molecular weight is 524 g/mol. The van der Waals surface area contributed by atoms with Crippen LogP contribution in [0.4, 0.5) is 8.78 Å².